The average molecular weight is 392 g/mol. The molecule has 1 unspecified atom stereocenters. The number of nitrogens with one attached hydrogen (secondary N) is 2. The van der Waals surface area contributed by atoms with Crippen molar-refractivity contribution in [3.8, 4) is 0 Å². The van der Waals surface area contributed by atoms with Crippen LogP contribution in [0.5, 0.6) is 0 Å². The van der Waals surface area contributed by atoms with E-state index in [0.717, 1.165) is 23.2 Å². The molecule has 3 rings (SSSR count). The van der Waals surface area contributed by atoms with Crippen LogP contribution in [-0.2, 0) is 6.42 Å². The van der Waals surface area contributed by atoms with Crippen LogP contribution in [0.2, 0.25) is 0 Å². The maximum atomic E-state index is 12.2. The van der Waals surface area contributed by atoms with Crippen LogP contribution in [0.25, 0.3) is 0 Å². The van der Waals surface area contributed by atoms with Gasteiger partial charge in [0.05, 0.1) is 12.4 Å². The Morgan fingerprint density at radius 2 is 1.86 bits per heavy atom. The molecule has 0 aromatic heterocycles. The highest BCUT2D eigenvalue weighted by Gasteiger charge is 2.19. The summed E-state index contributed by atoms with van der Waals surface area (Å²) in [6, 6.07) is 16.9. The van der Waals surface area contributed by atoms with Crippen molar-refractivity contribution in [2.45, 2.75) is 32.7 Å². The monoisotopic (exact) mass is 391 g/mol. The summed E-state index contributed by atoms with van der Waals surface area (Å²) in [7, 11) is 1.74. The fraction of sp³-hybridized carbons (Fsp3) is 0.261. The molecule has 29 heavy (non-hydrogen) atoms. The molecule has 152 valence electrons. The lowest BCUT2D eigenvalue weighted by Crippen LogP contribution is -2.31. The lowest BCUT2D eigenvalue weighted by atomic mass is 9.96. The number of nitrogens with zero attached hydrogens (tertiary/aromatic N) is 2. The second kappa shape index (κ2) is 11.4. The largest absolute Gasteiger partial charge is 0.385 e. The SMILES string of the molecule is CC.CN=CCC1=C(N)NC=NC1Cc1ccc(NC(=O)c2ccccc2)cc1. The molecule has 6 nitrogen and oxygen atoms in total. The molecule has 0 fully saturated rings. The van der Waals surface area contributed by atoms with Crippen LogP contribution in [0.4, 0.5) is 5.69 Å². The van der Waals surface area contributed by atoms with Crippen LogP contribution >= 0.6 is 0 Å². The van der Waals surface area contributed by atoms with Crippen molar-refractivity contribution < 1.29 is 4.79 Å². The first-order valence-corrected chi connectivity index (χ1v) is 9.80. The van der Waals surface area contributed by atoms with E-state index in [2.05, 4.69) is 20.6 Å². The Balaban J connectivity index is 0.00000145. The fourth-order valence-electron chi connectivity index (χ4n) is 2.91. The van der Waals surface area contributed by atoms with Gasteiger partial charge in [-0.05, 0) is 36.2 Å². The Bertz CT molecular complexity index is 870. The van der Waals surface area contributed by atoms with Gasteiger partial charge in [-0.2, -0.15) is 0 Å². The second-order valence-corrected chi connectivity index (χ2v) is 6.24. The van der Waals surface area contributed by atoms with E-state index >= 15 is 0 Å². The zero-order valence-corrected chi connectivity index (χ0v) is 17.2. The van der Waals surface area contributed by atoms with Gasteiger partial charge in [-0.25, -0.2) is 0 Å². The van der Waals surface area contributed by atoms with Gasteiger partial charge in [0, 0.05) is 36.5 Å². The van der Waals surface area contributed by atoms with E-state index in [9.17, 15) is 4.79 Å². The summed E-state index contributed by atoms with van der Waals surface area (Å²) in [6.07, 6.45) is 4.88. The minimum absolute atomic E-state index is 0.0194. The van der Waals surface area contributed by atoms with Gasteiger partial charge in [0.15, 0.2) is 0 Å². The third-order valence-electron chi connectivity index (χ3n) is 4.39. The summed E-state index contributed by atoms with van der Waals surface area (Å²) in [6.45, 7) is 4.00. The van der Waals surface area contributed by atoms with Crippen LogP contribution in [0.1, 0.15) is 36.2 Å². The highest BCUT2D eigenvalue weighted by atomic mass is 16.1. The molecular weight excluding hydrogens is 362 g/mol. The van der Waals surface area contributed by atoms with Gasteiger partial charge in [-0.1, -0.05) is 44.2 Å². The van der Waals surface area contributed by atoms with Gasteiger partial charge < -0.3 is 21.4 Å². The van der Waals surface area contributed by atoms with Crippen molar-refractivity contribution in [3.63, 3.8) is 0 Å². The number of hydrogen-bond acceptors (Lipinski definition) is 5. The van der Waals surface area contributed by atoms with Gasteiger partial charge in [0.2, 0.25) is 0 Å². The summed E-state index contributed by atoms with van der Waals surface area (Å²) in [4.78, 5) is 20.8. The van der Waals surface area contributed by atoms with Crippen molar-refractivity contribution in [2.75, 3.05) is 12.4 Å². The van der Waals surface area contributed by atoms with E-state index in [4.69, 9.17) is 5.73 Å². The van der Waals surface area contributed by atoms with E-state index in [-0.39, 0.29) is 11.9 Å². The van der Waals surface area contributed by atoms with Crippen LogP contribution in [0.15, 0.2) is 76.0 Å². The molecule has 1 aliphatic heterocycles. The minimum atomic E-state index is -0.122. The normalized spacial score (nSPS) is 15.5. The van der Waals surface area contributed by atoms with E-state index in [1.165, 1.54) is 0 Å². The maximum Gasteiger partial charge on any atom is 0.255 e. The minimum Gasteiger partial charge on any atom is -0.385 e. The molecule has 0 spiro atoms. The third kappa shape index (κ3) is 6.31. The van der Waals surface area contributed by atoms with Gasteiger partial charge in [0.1, 0.15) is 5.82 Å². The number of aliphatic imine (C=N–C) groups is 2. The number of rotatable bonds is 6. The first-order valence-electron chi connectivity index (χ1n) is 9.80. The Hall–Kier alpha value is -3.41. The number of benzene rings is 2. The van der Waals surface area contributed by atoms with Crippen LogP contribution in [0.3, 0.4) is 0 Å². The van der Waals surface area contributed by atoms with E-state index in [1.54, 1.807) is 25.5 Å². The quantitative estimate of drug-likeness (QED) is 0.655. The highest BCUT2D eigenvalue weighted by Crippen LogP contribution is 2.20. The topological polar surface area (TPSA) is 91.9 Å². The summed E-state index contributed by atoms with van der Waals surface area (Å²) in [5.41, 5.74) is 9.61. The highest BCUT2D eigenvalue weighted by molar-refractivity contribution is 6.04. The van der Waals surface area contributed by atoms with E-state index in [1.807, 2.05) is 62.5 Å². The van der Waals surface area contributed by atoms with E-state index in [0.29, 0.717) is 17.8 Å². The number of carbonyl (C=O) groups excluding carboxylic acids is 1. The predicted molar refractivity (Wildman–Crippen MR) is 122 cm³/mol. The van der Waals surface area contributed by atoms with Gasteiger partial charge in [-0.15, -0.1) is 0 Å². The third-order valence-corrected chi connectivity index (χ3v) is 4.39. The molecule has 2 aromatic rings. The summed E-state index contributed by atoms with van der Waals surface area (Å²) in [5, 5.41) is 5.87. The van der Waals surface area contributed by atoms with Crippen LogP contribution in [-0.4, -0.2) is 31.5 Å². The number of nitrogens with two attached hydrogens (primary N) is 1. The molecule has 0 saturated heterocycles. The Labute approximate surface area is 172 Å². The molecule has 0 saturated carbocycles. The molecule has 4 N–H and O–H groups in total. The molecule has 0 bridgehead atoms. The van der Waals surface area contributed by atoms with Gasteiger partial charge in [-0.3, -0.25) is 9.79 Å². The van der Waals surface area contributed by atoms with Crippen molar-refractivity contribution in [1.82, 2.24) is 5.32 Å². The number of hydrogen-bond donors (Lipinski definition) is 3. The number of carbonyl (C=O) groups is 1. The summed E-state index contributed by atoms with van der Waals surface area (Å²) < 4.78 is 0. The number of anilines is 1. The van der Waals surface area contributed by atoms with Crippen molar-refractivity contribution in [3.05, 3.63) is 77.1 Å². The Kier molecular flexibility index (Phi) is 8.63. The van der Waals surface area contributed by atoms with Gasteiger partial charge in [0.25, 0.3) is 5.91 Å². The first-order chi connectivity index (χ1) is 14.2. The molecule has 1 heterocycles. The zero-order chi connectivity index (χ0) is 21.1. The van der Waals surface area contributed by atoms with Crippen molar-refractivity contribution in [2.24, 2.45) is 15.7 Å². The summed E-state index contributed by atoms with van der Waals surface area (Å²) in [5.74, 6) is 0.518. The molecule has 6 heteroatoms. The smallest absolute Gasteiger partial charge is 0.255 e. The fourth-order valence-corrected chi connectivity index (χ4v) is 2.91. The zero-order valence-electron chi connectivity index (χ0n) is 17.2. The lowest BCUT2D eigenvalue weighted by molar-refractivity contribution is 0.102. The van der Waals surface area contributed by atoms with Crippen molar-refractivity contribution in [1.29, 1.82) is 0 Å². The molecule has 0 aliphatic carbocycles. The molecular formula is C23H29N5O. The second-order valence-electron chi connectivity index (χ2n) is 6.24. The first kappa shape index (κ1) is 21.9. The Morgan fingerprint density at radius 1 is 1.17 bits per heavy atom. The molecule has 2 aromatic carbocycles. The Morgan fingerprint density at radius 3 is 2.52 bits per heavy atom. The average Bonchev–Trinajstić information content (AvgIpc) is 2.77. The molecule has 1 amide bonds. The number of amides is 1. The lowest BCUT2D eigenvalue weighted by Gasteiger charge is -2.22. The predicted octanol–water partition coefficient (Wildman–Crippen LogP) is 3.77. The van der Waals surface area contributed by atoms with Gasteiger partial charge >= 0.3 is 0 Å². The van der Waals surface area contributed by atoms with E-state index < -0.39 is 0 Å². The van der Waals surface area contributed by atoms with Crippen molar-refractivity contribution >= 4 is 24.1 Å². The molecule has 1 aliphatic rings. The molecule has 1 atom stereocenters. The maximum absolute atomic E-state index is 12.2. The van der Waals surface area contributed by atoms with Crippen LogP contribution < -0.4 is 16.4 Å². The molecule has 0 radical (unpaired) electrons. The van der Waals surface area contributed by atoms with Crippen LogP contribution in [0, 0.1) is 0 Å². The summed E-state index contributed by atoms with van der Waals surface area (Å²) >= 11 is 0. The standard InChI is InChI=1S/C21H23N5O.C2H6/c1-23-12-11-18-19(24-14-25-20(18)22)13-15-7-9-17(10-8-15)26-21(27)16-5-3-2-4-6-16;1-2/h2-10,12,14,19H,11,13,22H2,1H3,(H,24,25)(H,26,27);1-2H3.